The minimum absolute atomic E-state index is 0.0347. The molecule has 2 N–H and O–H groups in total. The lowest BCUT2D eigenvalue weighted by atomic mass is 9.77. The molecule has 2 saturated heterocycles. The molecule has 4 amide bonds. The summed E-state index contributed by atoms with van der Waals surface area (Å²) in [6, 6.07) is -0.640. The van der Waals surface area contributed by atoms with Gasteiger partial charge in [0.1, 0.15) is 5.54 Å². The summed E-state index contributed by atoms with van der Waals surface area (Å²) in [6.45, 7) is 2.11. The molecule has 1 atom stereocenters. The third-order valence-corrected chi connectivity index (χ3v) is 6.88. The number of urea groups is 1. The first-order chi connectivity index (χ1) is 10.7. The quantitative estimate of drug-likeness (QED) is 0.683. The van der Waals surface area contributed by atoms with Gasteiger partial charge in [0.25, 0.3) is 5.91 Å². The summed E-state index contributed by atoms with van der Waals surface area (Å²) in [7, 11) is -3.20. The van der Waals surface area contributed by atoms with Crippen molar-refractivity contribution in [3.8, 4) is 0 Å². The number of nitrogens with zero attached hydrogens (tertiary/aromatic N) is 1. The van der Waals surface area contributed by atoms with Gasteiger partial charge in [0.15, 0.2) is 9.84 Å². The maximum atomic E-state index is 12.6. The molecule has 0 aromatic carbocycles. The first-order valence-corrected chi connectivity index (χ1v) is 9.72. The highest BCUT2D eigenvalue weighted by Crippen LogP contribution is 2.35. The topological polar surface area (TPSA) is 113 Å². The lowest BCUT2D eigenvalue weighted by Gasteiger charge is -2.33. The highest BCUT2D eigenvalue weighted by Gasteiger charge is 2.53. The van der Waals surface area contributed by atoms with E-state index in [1.54, 1.807) is 0 Å². The normalized spacial score (nSPS) is 36.3. The summed E-state index contributed by atoms with van der Waals surface area (Å²) in [5, 5.41) is 3.43. The predicted octanol–water partition coefficient (Wildman–Crippen LogP) is -0.0470. The fourth-order valence-electron chi connectivity index (χ4n) is 3.52. The van der Waals surface area contributed by atoms with E-state index in [0.29, 0.717) is 18.8 Å². The van der Waals surface area contributed by atoms with Crippen molar-refractivity contribution < 1.29 is 22.8 Å². The summed E-state index contributed by atoms with van der Waals surface area (Å²) >= 11 is 0. The molecular weight excluding hydrogens is 322 g/mol. The average molecular weight is 343 g/mol. The zero-order chi connectivity index (χ0) is 16.8. The Balaban J connectivity index is 1.68. The molecule has 9 heteroatoms. The predicted molar refractivity (Wildman–Crippen MR) is 80.6 cm³/mol. The summed E-state index contributed by atoms with van der Waals surface area (Å²) < 4.78 is 22.9. The van der Waals surface area contributed by atoms with E-state index >= 15 is 0 Å². The van der Waals surface area contributed by atoms with Gasteiger partial charge in [-0.05, 0) is 38.0 Å². The number of amides is 4. The minimum Gasteiger partial charge on any atom is -0.322 e. The Morgan fingerprint density at radius 1 is 1.26 bits per heavy atom. The van der Waals surface area contributed by atoms with Crippen LogP contribution < -0.4 is 10.7 Å². The maximum Gasteiger partial charge on any atom is 0.344 e. The van der Waals surface area contributed by atoms with Gasteiger partial charge < -0.3 is 5.32 Å². The molecule has 0 aromatic heterocycles. The third-order valence-electron chi connectivity index (χ3n) is 5.11. The van der Waals surface area contributed by atoms with E-state index in [2.05, 4.69) is 17.7 Å². The molecule has 3 aliphatic rings. The summed E-state index contributed by atoms with van der Waals surface area (Å²) in [5.41, 5.74) is 1.39. The molecule has 1 spiro atoms. The van der Waals surface area contributed by atoms with Crippen LogP contribution in [0.2, 0.25) is 0 Å². The number of hydrogen-bond acceptors (Lipinski definition) is 5. The Morgan fingerprint density at radius 2 is 1.91 bits per heavy atom. The van der Waals surface area contributed by atoms with E-state index in [0.717, 1.165) is 17.9 Å². The maximum absolute atomic E-state index is 12.6. The molecule has 1 unspecified atom stereocenters. The Morgan fingerprint density at radius 3 is 2.48 bits per heavy atom. The molecule has 128 valence electrons. The molecular formula is C14H21N3O5S. The van der Waals surface area contributed by atoms with Gasteiger partial charge in [0.05, 0.1) is 17.4 Å². The van der Waals surface area contributed by atoms with Crippen molar-refractivity contribution >= 4 is 27.7 Å². The van der Waals surface area contributed by atoms with Crippen molar-refractivity contribution in [2.24, 2.45) is 11.8 Å². The molecule has 1 aliphatic carbocycles. The molecule has 0 bridgehead atoms. The third kappa shape index (κ3) is 2.93. The number of hydrazine groups is 1. The first kappa shape index (κ1) is 16.2. The number of imide groups is 1. The number of rotatable bonds is 2. The van der Waals surface area contributed by atoms with Crippen LogP contribution in [0.5, 0.6) is 0 Å². The zero-order valence-electron chi connectivity index (χ0n) is 13.0. The number of hydrogen-bond donors (Lipinski definition) is 2. The fraction of sp³-hybridized carbons (Fsp3) is 0.786. The van der Waals surface area contributed by atoms with Crippen LogP contribution in [0.15, 0.2) is 0 Å². The Bertz CT molecular complexity index is 651. The van der Waals surface area contributed by atoms with E-state index < -0.39 is 39.1 Å². The molecule has 2 aliphatic heterocycles. The number of carbonyl (C=O) groups is 3. The smallest absolute Gasteiger partial charge is 0.322 e. The van der Waals surface area contributed by atoms with Gasteiger partial charge >= 0.3 is 6.03 Å². The number of sulfone groups is 1. The van der Waals surface area contributed by atoms with Gasteiger partial charge in [-0.25, -0.2) is 13.2 Å². The summed E-state index contributed by atoms with van der Waals surface area (Å²) in [5.74, 6) is -1.49. The molecule has 1 saturated carbocycles. The molecule has 2 heterocycles. The Hall–Kier alpha value is -1.64. The van der Waals surface area contributed by atoms with Gasteiger partial charge in [-0.2, -0.15) is 5.01 Å². The van der Waals surface area contributed by atoms with Crippen LogP contribution in [0.25, 0.3) is 0 Å². The van der Waals surface area contributed by atoms with E-state index in [9.17, 15) is 22.8 Å². The van der Waals surface area contributed by atoms with E-state index in [4.69, 9.17) is 0 Å². The molecule has 23 heavy (non-hydrogen) atoms. The van der Waals surface area contributed by atoms with Crippen molar-refractivity contribution in [2.45, 2.75) is 44.6 Å². The first-order valence-electron chi connectivity index (χ1n) is 7.90. The second-order valence-corrected chi connectivity index (χ2v) is 9.14. The lowest BCUT2D eigenvalue weighted by Crippen LogP contribution is -2.52. The highest BCUT2D eigenvalue weighted by molar-refractivity contribution is 7.91. The molecule has 3 fully saturated rings. The molecule has 8 nitrogen and oxygen atoms in total. The van der Waals surface area contributed by atoms with Crippen molar-refractivity contribution in [1.82, 2.24) is 15.8 Å². The molecule has 3 rings (SSSR count). The van der Waals surface area contributed by atoms with Crippen molar-refractivity contribution in [3.05, 3.63) is 0 Å². The average Bonchev–Trinajstić information content (AvgIpc) is 2.95. The zero-order valence-corrected chi connectivity index (χ0v) is 13.8. The Kier molecular flexibility index (Phi) is 3.86. The highest BCUT2D eigenvalue weighted by atomic mass is 32.2. The minimum atomic E-state index is -3.20. The second kappa shape index (κ2) is 5.47. The summed E-state index contributed by atoms with van der Waals surface area (Å²) in [6.07, 6.45) is 3.02. The second-order valence-electron chi connectivity index (χ2n) is 6.91. The van der Waals surface area contributed by atoms with Crippen LogP contribution in [0.4, 0.5) is 4.79 Å². The van der Waals surface area contributed by atoms with Crippen LogP contribution in [0.1, 0.15) is 39.0 Å². The number of carbonyl (C=O) groups excluding carboxylic acids is 3. The van der Waals surface area contributed by atoms with E-state index in [1.807, 2.05) is 0 Å². The van der Waals surface area contributed by atoms with Crippen molar-refractivity contribution in [1.29, 1.82) is 0 Å². The molecule has 0 radical (unpaired) electrons. The Labute approximate surface area is 134 Å². The van der Waals surface area contributed by atoms with Gasteiger partial charge in [-0.1, -0.05) is 6.92 Å². The number of nitrogens with one attached hydrogen (secondary N) is 2. The fourth-order valence-corrected chi connectivity index (χ4v) is 5.26. The van der Waals surface area contributed by atoms with Crippen LogP contribution in [0, 0.1) is 11.8 Å². The van der Waals surface area contributed by atoms with Crippen LogP contribution >= 0.6 is 0 Å². The SMILES string of the molecule is CC1CCC2(CC1)NC(=O)N(NC(=O)C1CCS(=O)(=O)C1)C2=O. The van der Waals surface area contributed by atoms with E-state index in [-0.39, 0.29) is 17.9 Å². The van der Waals surface area contributed by atoms with Gasteiger partial charge in [0, 0.05) is 0 Å². The van der Waals surface area contributed by atoms with Gasteiger partial charge in [0.2, 0.25) is 5.91 Å². The van der Waals surface area contributed by atoms with Crippen LogP contribution in [-0.2, 0) is 19.4 Å². The largest absolute Gasteiger partial charge is 0.344 e. The molecule has 0 aromatic rings. The van der Waals surface area contributed by atoms with Crippen LogP contribution in [-0.4, -0.2) is 48.3 Å². The van der Waals surface area contributed by atoms with Crippen molar-refractivity contribution in [3.63, 3.8) is 0 Å². The van der Waals surface area contributed by atoms with Gasteiger partial charge in [-0.3, -0.25) is 15.0 Å². The van der Waals surface area contributed by atoms with Crippen LogP contribution in [0.3, 0.4) is 0 Å². The lowest BCUT2D eigenvalue weighted by molar-refractivity contribution is -0.141. The summed E-state index contributed by atoms with van der Waals surface area (Å²) in [4.78, 5) is 36.8. The van der Waals surface area contributed by atoms with Gasteiger partial charge in [-0.15, -0.1) is 0 Å². The standard InChI is InChI=1S/C14H21N3O5S/c1-9-2-5-14(6-3-9)12(19)17(13(20)15-14)16-11(18)10-4-7-23(21,22)8-10/h9-10H,2-8H2,1H3,(H,15,20)(H,16,18). The van der Waals surface area contributed by atoms with Crippen molar-refractivity contribution in [2.75, 3.05) is 11.5 Å². The van der Waals surface area contributed by atoms with E-state index in [1.165, 1.54) is 0 Å². The monoisotopic (exact) mass is 343 g/mol.